The Morgan fingerprint density at radius 2 is 2.42 bits per heavy atom. The maximum absolute atomic E-state index is 10.7. The van der Waals surface area contributed by atoms with E-state index in [0.29, 0.717) is 12.6 Å². The van der Waals surface area contributed by atoms with Gasteiger partial charge in [0.1, 0.15) is 5.15 Å². The van der Waals surface area contributed by atoms with Gasteiger partial charge in [0.05, 0.1) is 23.7 Å². The van der Waals surface area contributed by atoms with Gasteiger partial charge < -0.3 is 9.64 Å². The summed E-state index contributed by atoms with van der Waals surface area (Å²) in [4.78, 5) is 16.4. The summed E-state index contributed by atoms with van der Waals surface area (Å²) in [5.41, 5.74) is -0.104. The van der Waals surface area contributed by atoms with Crippen LogP contribution >= 0.6 is 11.6 Å². The smallest absolute Gasteiger partial charge is 0.277 e. The van der Waals surface area contributed by atoms with Crippen molar-refractivity contribution in [2.24, 2.45) is 0 Å². The van der Waals surface area contributed by atoms with Gasteiger partial charge in [0.25, 0.3) is 5.69 Å². The van der Waals surface area contributed by atoms with Crippen molar-refractivity contribution in [2.45, 2.75) is 25.3 Å². The highest BCUT2D eigenvalue weighted by Crippen LogP contribution is 2.23. The van der Waals surface area contributed by atoms with Gasteiger partial charge in [-0.2, -0.15) is 0 Å². The van der Waals surface area contributed by atoms with Crippen molar-refractivity contribution in [3.05, 3.63) is 27.4 Å². The Hall–Kier alpha value is -1.40. The number of aromatic nitrogens is 1. The van der Waals surface area contributed by atoms with Crippen LogP contribution in [0, 0.1) is 10.1 Å². The maximum Gasteiger partial charge on any atom is 0.277 e. The van der Waals surface area contributed by atoms with Gasteiger partial charge in [-0.25, -0.2) is 4.98 Å². The molecule has 0 N–H and O–H groups in total. The number of rotatable bonds is 5. The Labute approximate surface area is 116 Å². The SMILES string of the molecule is CN1CCCC1CCOc1cc([N+](=O)[O-])cc(Cl)n1. The molecule has 0 spiro atoms. The van der Waals surface area contributed by atoms with Crippen LogP contribution in [-0.4, -0.2) is 41.0 Å². The molecule has 1 fully saturated rings. The number of nitrogens with zero attached hydrogens (tertiary/aromatic N) is 3. The fourth-order valence-electron chi connectivity index (χ4n) is 2.28. The minimum Gasteiger partial charge on any atom is -0.477 e. The highest BCUT2D eigenvalue weighted by Gasteiger charge is 2.20. The molecule has 104 valence electrons. The Bertz CT molecular complexity index is 470. The van der Waals surface area contributed by atoms with Crippen molar-refractivity contribution >= 4 is 17.3 Å². The monoisotopic (exact) mass is 285 g/mol. The summed E-state index contributed by atoms with van der Waals surface area (Å²) in [7, 11) is 2.10. The predicted octanol–water partition coefficient (Wildman–Crippen LogP) is 2.51. The normalized spacial score (nSPS) is 19.6. The van der Waals surface area contributed by atoms with Crippen LogP contribution in [0.25, 0.3) is 0 Å². The second-order valence-electron chi connectivity index (χ2n) is 4.66. The molecule has 6 nitrogen and oxygen atoms in total. The highest BCUT2D eigenvalue weighted by atomic mass is 35.5. The number of hydrogen-bond donors (Lipinski definition) is 0. The molecule has 0 amide bonds. The third-order valence-electron chi connectivity index (χ3n) is 3.34. The number of pyridine rings is 1. The standard InChI is InChI=1S/C12H16ClN3O3/c1-15-5-2-3-9(15)4-6-19-12-8-10(16(17)18)7-11(13)14-12/h7-9H,2-6H2,1H3. The zero-order valence-corrected chi connectivity index (χ0v) is 11.5. The van der Waals surface area contributed by atoms with Crippen LogP contribution in [0.4, 0.5) is 5.69 Å². The Morgan fingerprint density at radius 1 is 1.63 bits per heavy atom. The third-order valence-corrected chi connectivity index (χ3v) is 3.53. The number of likely N-dealkylation sites (tertiary alicyclic amines) is 1. The minimum absolute atomic E-state index is 0.0715. The molecular weight excluding hydrogens is 270 g/mol. The van der Waals surface area contributed by atoms with E-state index >= 15 is 0 Å². The lowest BCUT2D eigenvalue weighted by Crippen LogP contribution is -2.26. The molecule has 1 aromatic rings. The van der Waals surface area contributed by atoms with Crippen molar-refractivity contribution in [3.63, 3.8) is 0 Å². The molecule has 2 heterocycles. The molecule has 1 aromatic heterocycles. The van der Waals surface area contributed by atoms with Gasteiger partial charge in [0.2, 0.25) is 5.88 Å². The molecule has 0 aromatic carbocycles. The molecular formula is C12H16ClN3O3. The minimum atomic E-state index is -0.509. The Morgan fingerprint density at radius 3 is 3.05 bits per heavy atom. The lowest BCUT2D eigenvalue weighted by molar-refractivity contribution is -0.385. The molecule has 0 radical (unpaired) electrons. The van der Waals surface area contributed by atoms with E-state index in [1.165, 1.54) is 25.0 Å². The van der Waals surface area contributed by atoms with Gasteiger partial charge in [0, 0.05) is 6.04 Å². The van der Waals surface area contributed by atoms with Gasteiger partial charge in [-0.15, -0.1) is 0 Å². The van der Waals surface area contributed by atoms with Gasteiger partial charge in [-0.1, -0.05) is 11.6 Å². The molecule has 0 saturated carbocycles. The van der Waals surface area contributed by atoms with E-state index < -0.39 is 4.92 Å². The molecule has 0 bridgehead atoms. The Kier molecular flexibility index (Phi) is 4.55. The van der Waals surface area contributed by atoms with Crippen LogP contribution < -0.4 is 4.74 Å². The molecule has 7 heteroatoms. The summed E-state index contributed by atoms with van der Waals surface area (Å²) in [6.45, 7) is 1.60. The fraction of sp³-hybridized carbons (Fsp3) is 0.583. The van der Waals surface area contributed by atoms with E-state index in [4.69, 9.17) is 16.3 Å². The lowest BCUT2D eigenvalue weighted by atomic mass is 10.1. The Balaban J connectivity index is 1.90. The fourth-order valence-corrected chi connectivity index (χ4v) is 2.48. The first-order valence-corrected chi connectivity index (χ1v) is 6.59. The zero-order chi connectivity index (χ0) is 13.8. The lowest BCUT2D eigenvalue weighted by Gasteiger charge is -2.18. The van der Waals surface area contributed by atoms with Crippen molar-refractivity contribution < 1.29 is 9.66 Å². The molecule has 1 aliphatic rings. The van der Waals surface area contributed by atoms with Crippen molar-refractivity contribution in [1.82, 2.24) is 9.88 Å². The highest BCUT2D eigenvalue weighted by molar-refractivity contribution is 6.29. The van der Waals surface area contributed by atoms with Crippen LogP contribution in [0.1, 0.15) is 19.3 Å². The first-order valence-electron chi connectivity index (χ1n) is 6.21. The zero-order valence-electron chi connectivity index (χ0n) is 10.7. The van der Waals surface area contributed by atoms with Crippen molar-refractivity contribution in [1.29, 1.82) is 0 Å². The third kappa shape index (κ3) is 3.78. The molecule has 0 aliphatic carbocycles. The first-order chi connectivity index (χ1) is 9.06. The first kappa shape index (κ1) is 14.0. The van der Waals surface area contributed by atoms with Crippen LogP contribution in [0.3, 0.4) is 0 Å². The van der Waals surface area contributed by atoms with Crippen LogP contribution in [0.5, 0.6) is 5.88 Å². The summed E-state index contributed by atoms with van der Waals surface area (Å²) >= 11 is 5.72. The van der Waals surface area contributed by atoms with E-state index in [2.05, 4.69) is 16.9 Å². The molecule has 1 unspecified atom stereocenters. The summed E-state index contributed by atoms with van der Waals surface area (Å²) < 4.78 is 5.46. The predicted molar refractivity (Wildman–Crippen MR) is 71.7 cm³/mol. The van der Waals surface area contributed by atoms with Gasteiger partial charge >= 0.3 is 0 Å². The van der Waals surface area contributed by atoms with Gasteiger partial charge in [-0.05, 0) is 32.9 Å². The number of nitro groups is 1. The average Bonchev–Trinajstić information content (AvgIpc) is 2.74. The molecule has 1 saturated heterocycles. The summed E-state index contributed by atoms with van der Waals surface area (Å²) in [6.07, 6.45) is 3.27. The van der Waals surface area contributed by atoms with Gasteiger partial charge in [-0.3, -0.25) is 10.1 Å². The van der Waals surface area contributed by atoms with E-state index in [9.17, 15) is 10.1 Å². The van der Waals surface area contributed by atoms with Gasteiger partial charge in [0.15, 0.2) is 0 Å². The quantitative estimate of drug-likeness (QED) is 0.472. The number of halogens is 1. The topological polar surface area (TPSA) is 68.5 Å². The second-order valence-corrected chi connectivity index (χ2v) is 5.04. The average molecular weight is 286 g/mol. The molecule has 2 rings (SSSR count). The van der Waals surface area contributed by atoms with Crippen molar-refractivity contribution in [2.75, 3.05) is 20.2 Å². The second kappa shape index (κ2) is 6.16. The van der Waals surface area contributed by atoms with Crippen molar-refractivity contribution in [3.8, 4) is 5.88 Å². The van der Waals surface area contributed by atoms with E-state index in [1.807, 2.05) is 0 Å². The van der Waals surface area contributed by atoms with E-state index in [1.54, 1.807) is 0 Å². The summed E-state index contributed by atoms with van der Waals surface area (Å²) in [6, 6.07) is 3.03. The molecule has 1 aliphatic heterocycles. The number of ether oxygens (including phenoxy) is 1. The van der Waals surface area contributed by atoms with Crippen LogP contribution in [-0.2, 0) is 0 Å². The molecule has 19 heavy (non-hydrogen) atoms. The maximum atomic E-state index is 10.7. The van der Waals surface area contributed by atoms with E-state index in [-0.39, 0.29) is 16.7 Å². The van der Waals surface area contributed by atoms with Crippen LogP contribution in [0.15, 0.2) is 12.1 Å². The summed E-state index contributed by atoms with van der Waals surface area (Å²) in [5.74, 6) is 0.208. The number of hydrogen-bond acceptors (Lipinski definition) is 5. The van der Waals surface area contributed by atoms with E-state index in [0.717, 1.165) is 13.0 Å². The largest absolute Gasteiger partial charge is 0.477 e. The molecule has 1 atom stereocenters. The summed E-state index contributed by atoms with van der Waals surface area (Å²) in [5, 5.41) is 10.8. The van der Waals surface area contributed by atoms with Crippen LogP contribution in [0.2, 0.25) is 5.15 Å².